The van der Waals surface area contributed by atoms with E-state index in [0.29, 0.717) is 11.8 Å². The SMILES string of the molecule is Cc1cc(C2CCc3oc(-c4ccccn4)nc3C2)ccn1. The lowest BCUT2D eigenvalue weighted by atomic mass is 9.85. The minimum atomic E-state index is 0.496. The minimum Gasteiger partial charge on any atom is -0.440 e. The van der Waals surface area contributed by atoms with Crippen LogP contribution in [0.5, 0.6) is 0 Å². The highest BCUT2D eigenvalue weighted by molar-refractivity contribution is 5.47. The van der Waals surface area contributed by atoms with Gasteiger partial charge in [0.15, 0.2) is 0 Å². The van der Waals surface area contributed by atoms with Crippen molar-refractivity contribution >= 4 is 0 Å². The van der Waals surface area contributed by atoms with Gasteiger partial charge < -0.3 is 4.42 Å². The first-order valence-electron chi connectivity index (χ1n) is 7.62. The van der Waals surface area contributed by atoms with E-state index in [9.17, 15) is 0 Å². The van der Waals surface area contributed by atoms with Crippen molar-refractivity contribution in [1.29, 1.82) is 0 Å². The predicted molar refractivity (Wildman–Crippen MR) is 83.5 cm³/mol. The fourth-order valence-electron chi connectivity index (χ4n) is 3.08. The van der Waals surface area contributed by atoms with Crippen molar-refractivity contribution in [3.63, 3.8) is 0 Å². The minimum absolute atomic E-state index is 0.496. The van der Waals surface area contributed by atoms with Crippen LogP contribution in [0.4, 0.5) is 0 Å². The van der Waals surface area contributed by atoms with E-state index in [-0.39, 0.29) is 0 Å². The molecule has 22 heavy (non-hydrogen) atoms. The van der Waals surface area contributed by atoms with Crippen molar-refractivity contribution in [1.82, 2.24) is 15.0 Å². The predicted octanol–water partition coefficient (Wildman–Crippen LogP) is 3.71. The Morgan fingerprint density at radius 2 is 2.09 bits per heavy atom. The maximum absolute atomic E-state index is 5.91. The van der Waals surface area contributed by atoms with E-state index in [4.69, 9.17) is 4.42 Å². The van der Waals surface area contributed by atoms with Crippen molar-refractivity contribution in [3.8, 4) is 11.6 Å². The van der Waals surface area contributed by atoms with E-state index >= 15 is 0 Å². The molecule has 3 aromatic heterocycles. The molecule has 0 aliphatic heterocycles. The number of hydrogen-bond donors (Lipinski definition) is 0. The monoisotopic (exact) mass is 291 g/mol. The molecule has 0 saturated heterocycles. The third kappa shape index (κ3) is 2.41. The first-order chi connectivity index (χ1) is 10.8. The molecule has 1 aliphatic rings. The molecule has 4 rings (SSSR count). The molecule has 1 unspecified atom stereocenters. The summed E-state index contributed by atoms with van der Waals surface area (Å²) in [4.78, 5) is 13.3. The van der Waals surface area contributed by atoms with Gasteiger partial charge in [-0.1, -0.05) is 6.07 Å². The van der Waals surface area contributed by atoms with Gasteiger partial charge >= 0.3 is 0 Å². The summed E-state index contributed by atoms with van der Waals surface area (Å²) in [5.41, 5.74) is 4.29. The molecule has 0 radical (unpaired) electrons. The van der Waals surface area contributed by atoms with Crippen LogP contribution in [-0.4, -0.2) is 15.0 Å². The van der Waals surface area contributed by atoms with Gasteiger partial charge in [-0.05, 0) is 49.1 Å². The zero-order valence-electron chi connectivity index (χ0n) is 12.5. The van der Waals surface area contributed by atoms with E-state index in [0.717, 1.165) is 42.1 Å². The van der Waals surface area contributed by atoms with Gasteiger partial charge in [0.25, 0.3) is 0 Å². The maximum atomic E-state index is 5.91. The molecule has 4 heteroatoms. The third-order valence-electron chi connectivity index (χ3n) is 4.21. The van der Waals surface area contributed by atoms with Crippen LogP contribution >= 0.6 is 0 Å². The van der Waals surface area contributed by atoms with Crippen LogP contribution < -0.4 is 0 Å². The third-order valence-corrected chi connectivity index (χ3v) is 4.21. The summed E-state index contributed by atoms with van der Waals surface area (Å²) >= 11 is 0. The Balaban J connectivity index is 1.63. The first-order valence-corrected chi connectivity index (χ1v) is 7.62. The van der Waals surface area contributed by atoms with Gasteiger partial charge in [0.05, 0.1) is 5.69 Å². The number of oxazole rings is 1. The van der Waals surface area contributed by atoms with Crippen molar-refractivity contribution in [2.75, 3.05) is 0 Å². The molecular weight excluding hydrogens is 274 g/mol. The highest BCUT2D eigenvalue weighted by Crippen LogP contribution is 2.34. The van der Waals surface area contributed by atoms with Gasteiger partial charge in [0.1, 0.15) is 11.5 Å². The molecule has 0 aromatic carbocycles. The zero-order chi connectivity index (χ0) is 14.9. The molecule has 1 atom stereocenters. The molecule has 3 aromatic rings. The number of nitrogens with zero attached hydrogens (tertiary/aromatic N) is 3. The van der Waals surface area contributed by atoms with E-state index in [1.165, 1.54) is 5.56 Å². The number of fused-ring (bicyclic) bond motifs is 1. The molecular formula is C18H17N3O. The number of hydrogen-bond acceptors (Lipinski definition) is 4. The van der Waals surface area contributed by atoms with Gasteiger partial charge in [0.2, 0.25) is 5.89 Å². The maximum Gasteiger partial charge on any atom is 0.245 e. The van der Waals surface area contributed by atoms with Crippen LogP contribution in [0.15, 0.2) is 47.1 Å². The topological polar surface area (TPSA) is 51.8 Å². The quantitative estimate of drug-likeness (QED) is 0.722. The fraction of sp³-hybridized carbons (Fsp3) is 0.278. The second kappa shape index (κ2) is 5.37. The summed E-state index contributed by atoms with van der Waals surface area (Å²) in [6.07, 6.45) is 6.60. The zero-order valence-corrected chi connectivity index (χ0v) is 12.5. The summed E-state index contributed by atoms with van der Waals surface area (Å²) in [7, 11) is 0. The standard InChI is InChI=1S/C18H17N3O/c1-12-10-14(7-9-19-12)13-5-6-17-16(11-13)21-18(22-17)15-4-2-3-8-20-15/h2-4,7-10,13H,5-6,11H2,1H3. The largest absolute Gasteiger partial charge is 0.440 e. The van der Waals surface area contributed by atoms with E-state index in [2.05, 4.69) is 27.1 Å². The molecule has 110 valence electrons. The Labute approximate surface area is 129 Å². The summed E-state index contributed by atoms with van der Waals surface area (Å²) in [5, 5.41) is 0. The van der Waals surface area contributed by atoms with Crippen LogP contribution in [0.25, 0.3) is 11.6 Å². The lowest BCUT2D eigenvalue weighted by molar-refractivity contribution is 0.464. The average molecular weight is 291 g/mol. The number of aryl methyl sites for hydroxylation is 2. The number of pyridine rings is 2. The second-order valence-corrected chi connectivity index (χ2v) is 5.77. The average Bonchev–Trinajstić information content (AvgIpc) is 2.99. The van der Waals surface area contributed by atoms with Crippen molar-refractivity contribution in [3.05, 3.63) is 65.4 Å². The smallest absolute Gasteiger partial charge is 0.245 e. The van der Waals surface area contributed by atoms with Crippen LogP contribution in [0.2, 0.25) is 0 Å². The first kappa shape index (κ1) is 13.2. The highest BCUT2D eigenvalue weighted by atomic mass is 16.4. The molecule has 0 fully saturated rings. The van der Waals surface area contributed by atoms with Crippen molar-refractivity contribution < 1.29 is 4.42 Å². The molecule has 0 saturated carbocycles. The van der Waals surface area contributed by atoms with Crippen LogP contribution in [0.3, 0.4) is 0 Å². The number of aromatic nitrogens is 3. The lowest BCUT2D eigenvalue weighted by Crippen LogP contribution is -2.12. The summed E-state index contributed by atoms with van der Waals surface area (Å²) in [5.74, 6) is 2.15. The normalized spacial score (nSPS) is 17.2. The number of rotatable bonds is 2. The van der Waals surface area contributed by atoms with Crippen LogP contribution in [0.1, 0.15) is 35.1 Å². The Morgan fingerprint density at radius 1 is 1.14 bits per heavy atom. The Bertz CT molecular complexity index is 795. The Morgan fingerprint density at radius 3 is 2.91 bits per heavy atom. The van der Waals surface area contributed by atoms with E-state index in [1.807, 2.05) is 31.3 Å². The van der Waals surface area contributed by atoms with Crippen LogP contribution in [-0.2, 0) is 12.8 Å². The second-order valence-electron chi connectivity index (χ2n) is 5.77. The fourth-order valence-corrected chi connectivity index (χ4v) is 3.08. The summed E-state index contributed by atoms with van der Waals surface area (Å²) < 4.78 is 5.91. The van der Waals surface area contributed by atoms with Gasteiger partial charge in [-0.3, -0.25) is 9.97 Å². The van der Waals surface area contributed by atoms with E-state index in [1.54, 1.807) is 6.20 Å². The summed E-state index contributed by atoms with van der Waals surface area (Å²) in [6, 6.07) is 10.1. The van der Waals surface area contributed by atoms with Gasteiger partial charge in [-0.25, -0.2) is 4.98 Å². The molecule has 3 heterocycles. The summed E-state index contributed by atoms with van der Waals surface area (Å²) in [6.45, 7) is 2.03. The molecule has 0 bridgehead atoms. The lowest BCUT2D eigenvalue weighted by Gasteiger charge is -2.20. The Kier molecular flexibility index (Phi) is 3.22. The van der Waals surface area contributed by atoms with Crippen molar-refractivity contribution in [2.45, 2.75) is 32.1 Å². The van der Waals surface area contributed by atoms with Gasteiger partial charge in [0, 0.05) is 30.9 Å². The molecule has 0 spiro atoms. The molecule has 0 amide bonds. The van der Waals surface area contributed by atoms with Gasteiger partial charge in [-0.15, -0.1) is 0 Å². The Hall–Kier alpha value is -2.49. The molecule has 1 aliphatic carbocycles. The van der Waals surface area contributed by atoms with Gasteiger partial charge in [-0.2, -0.15) is 0 Å². The molecule has 4 nitrogen and oxygen atoms in total. The molecule has 0 N–H and O–H groups in total. The van der Waals surface area contributed by atoms with Crippen molar-refractivity contribution in [2.24, 2.45) is 0 Å². The highest BCUT2D eigenvalue weighted by Gasteiger charge is 2.25. The van der Waals surface area contributed by atoms with Crippen LogP contribution in [0, 0.1) is 6.92 Å². The van der Waals surface area contributed by atoms with E-state index < -0.39 is 0 Å².